The molecule has 0 aliphatic carbocycles. The lowest BCUT2D eigenvalue weighted by Gasteiger charge is -2.15. The smallest absolute Gasteiger partial charge is 0.224 e. The van der Waals surface area contributed by atoms with Crippen LogP contribution in [0.1, 0.15) is 35.2 Å². The van der Waals surface area contributed by atoms with Gasteiger partial charge in [-0.2, -0.15) is 0 Å². The van der Waals surface area contributed by atoms with Crippen molar-refractivity contribution in [3.05, 3.63) is 64.7 Å². The second kappa shape index (κ2) is 6.44. The van der Waals surface area contributed by atoms with Crippen molar-refractivity contribution < 1.29 is 4.79 Å². The molecule has 0 saturated heterocycles. The number of aryl methyl sites for hydroxylation is 2. The van der Waals surface area contributed by atoms with Crippen LogP contribution in [0.15, 0.2) is 42.5 Å². The largest absolute Gasteiger partial charge is 0.399 e. The number of nitrogen functional groups attached to an aromatic ring is 1. The molecule has 0 aliphatic rings. The van der Waals surface area contributed by atoms with Crippen molar-refractivity contribution >= 4 is 11.6 Å². The van der Waals surface area contributed by atoms with Crippen molar-refractivity contribution in [2.24, 2.45) is 0 Å². The van der Waals surface area contributed by atoms with Gasteiger partial charge >= 0.3 is 0 Å². The second-order valence-electron chi connectivity index (χ2n) is 5.57. The minimum Gasteiger partial charge on any atom is -0.399 e. The first-order valence-corrected chi connectivity index (χ1v) is 7.16. The number of rotatable bonds is 4. The fourth-order valence-electron chi connectivity index (χ4n) is 2.37. The lowest BCUT2D eigenvalue weighted by Crippen LogP contribution is -2.28. The van der Waals surface area contributed by atoms with Crippen LogP contribution in [0.3, 0.4) is 0 Å². The second-order valence-corrected chi connectivity index (χ2v) is 5.57. The van der Waals surface area contributed by atoms with E-state index in [1.54, 1.807) is 0 Å². The summed E-state index contributed by atoms with van der Waals surface area (Å²) in [4.78, 5) is 12.2. The van der Waals surface area contributed by atoms with Crippen LogP contribution in [0.2, 0.25) is 0 Å². The zero-order chi connectivity index (χ0) is 15.4. The van der Waals surface area contributed by atoms with Crippen LogP contribution in [-0.4, -0.2) is 5.91 Å². The number of benzene rings is 2. The van der Waals surface area contributed by atoms with Crippen molar-refractivity contribution in [2.45, 2.75) is 33.2 Å². The van der Waals surface area contributed by atoms with Crippen molar-refractivity contribution in [1.29, 1.82) is 0 Å². The molecular weight excluding hydrogens is 260 g/mol. The Bertz CT molecular complexity index is 649. The third kappa shape index (κ3) is 4.09. The molecule has 0 radical (unpaired) electrons. The summed E-state index contributed by atoms with van der Waals surface area (Å²) in [7, 11) is 0. The molecule has 21 heavy (non-hydrogen) atoms. The molecule has 3 N–H and O–H groups in total. The number of nitrogens with one attached hydrogen (secondary N) is 1. The maximum absolute atomic E-state index is 12.2. The van der Waals surface area contributed by atoms with E-state index >= 15 is 0 Å². The predicted octanol–water partition coefficient (Wildman–Crippen LogP) is 3.31. The van der Waals surface area contributed by atoms with E-state index in [2.05, 4.69) is 23.5 Å². The zero-order valence-corrected chi connectivity index (χ0v) is 12.8. The Morgan fingerprint density at radius 3 is 2.67 bits per heavy atom. The van der Waals surface area contributed by atoms with Gasteiger partial charge in [0.2, 0.25) is 5.91 Å². The average Bonchev–Trinajstić information content (AvgIpc) is 2.42. The van der Waals surface area contributed by atoms with E-state index < -0.39 is 0 Å². The minimum absolute atomic E-state index is 0.0265. The molecule has 0 heterocycles. The van der Waals surface area contributed by atoms with Gasteiger partial charge in [0, 0.05) is 5.69 Å². The Labute approximate surface area is 126 Å². The molecule has 0 saturated carbocycles. The van der Waals surface area contributed by atoms with Crippen LogP contribution >= 0.6 is 0 Å². The van der Waals surface area contributed by atoms with Crippen molar-refractivity contribution in [2.75, 3.05) is 5.73 Å². The molecule has 110 valence electrons. The molecular formula is C18H22N2O. The van der Waals surface area contributed by atoms with Gasteiger partial charge in [0.25, 0.3) is 0 Å². The summed E-state index contributed by atoms with van der Waals surface area (Å²) in [6, 6.07) is 13.7. The maximum Gasteiger partial charge on any atom is 0.224 e. The molecule has 0 bridgehead atoms. The van der Waals surface area contributed by atoms with Crippen molar-refractivity contribution in [3.8, 4) is 0 Å². The molecule has 3 heteroatoms. The Kier molecular flexibility index (Phi) is 4.63. The van der Waals surface area contributed by atoms with Crippen LogP contribution in [0.4, 0.5) is 5.69 Å². The first kappa shape index (κ1) is 15.1. The summed E-state index contributed by atoms with van der Waals surface area (Å²) in [6.45, 7) is 6.04. The highest BCUT2D eigenvalue weighted by atomic mass is 16.1. The van der Waals surface area contributed by atoms with E-state index in [9.17, 15) is 4.79 Å². The van der Waals surface area contributed by atoms with Crippen LogP contribution in [0, 0.1) is 13.8 Å². The van der Waals surface area contributed by atoms with Gasteiger partial charge in [-0.15, -0.1) is 0 Å². The molecule has 0 aliphatic heterocycles. The first-order valence-electron chi connectivity index (χ1n) is 7.16. The van der Waals surface area contributed by atoms with Crippen molar-refractivity contribution in [1.82, 2.24) is 5.32 Å². The van der Waals surface area contributed by atoms with Gasteiger partial charge in [0.1, 0.15) is 0 Å². The van der Waals surface area contributed by atoms with Crippen LogP contribution < -0.4 is 11.1 Å². The summed E-state index contributed by atoms with van der Waals surface area (Å²) in [5, 5.41) is 3.02. The Morgan fingerprint density at radius 2 is 1.95 bits per heavy atom. The normalized spacial score (nSPS) is 12.0. The molecule has 0 spiro atoms. The van der Waals surface area contributed by atoms with Crippen LogP contribution in [0.25, 0.3) is 0 Å². The Hall–Kier alpha value is -2.29. The van der Waals surface area contributed by atoms with E-state index in [-0.39, 0.29) is 11.9 Å². The molecule has 0 fully saturated rings. The van der Waals surface area contributed by atoms with E-state index in [1.165, 1.54) is 5.56 Å². The average molecular weight is 282 g/mol. The highest BCUT2D eigenvalue weighted by Crippen LogP contribution is 2.16. The number of carbonyl (C=O) groups excluding carboxylic acids is 1. The summed E-state index contributed by atoms with van der Waals surface area (Å²) >= 11 is 0. The fraction of sp³-hybridized carbons (Fsp3) is 0.278. The topological polar surface area (TPSA) is 55.1 Å². The van der Waals surface area contributed by atoms with Gasteiger partial charge in [-0.1, -0.05) is 35.9 Å². The van der Waals surface area contributed by atoms with Gasteiger partial charge in [0.15, 0.2) is 0 Å². The SMILES string of the molecule is Cc1ccc(C)c(CC(=O)NC(C)c2cccc(N)c2)c1. The lowest BCUT2D eigenvalue weighted by molar-refractivity contribution is -0.121. The van der Waals surface area contributed by atoms with Gasteiger partial charge in [-0.05, 0) is 49.6 Å². The molecule has 2 aromatic carbocycles. The highest BCUT2D eigenvalue weighted by molar-refractivity contribution is 5.79. The third-order valence-electron chi connectivity index (χ3n) is 3.64. The van der Waals surface area contributed by atoms with Gasteiger partial charge < -0.3 is 11.1 Å². The monoisotopic (exact) mass is 282 g/mol. The number of hydrogen-bond acceptors (Lipinski definition) is 2. The number of hydrogen-bond donors (Lipinski definition) is 2. The van der Waals surface area contributed by atoms with Gasteiger partial charge in [-0.3, -0.25) is 4.79 Å². The fourth-order valence-corrected chi connectivity index (χ4v) is 2.37. The number of nitrogens with two attached hydrogens (primary N) is 1. The minimum atomic E-state index is -0.0499. The number of anilines is 1. The summed E-state index contributed by atoms with van der Waals surface area (Å²) in [5.41, 5.74) is 10.9. The summed E-state index contributed by atoms with van der Waals surface area (Å²) in [6.07, 6.45) is 0.403. The van der Waals surface area contributed by atoms with Crippen molar-refractivity contribution in [3.63, 3.8) is 0 Å². The quantitative estimate of drug-likeness (QED) is 0.845. The van der Waals surface area contributed by atoms with Crippen LogP contribution in [-0.2, 0) is 11.2 Å². The molecule has 2 aromatic rings. The maximum atomic E-state index is 12.2. The highest BCUT2D eigenvalue weighted by Gasteiger charge is 2.11. The Balaban J connectivity index is 2.03. The Morgan fingerprint density at radius 1 is 1.19 bits per heavy atom. The molecule has 0 aromatic heterocycles. The molecule has 3 nitrogen and oxygen atoms in total. The third-order valence-corrected chi connectivity index (χ3v) is 3.64. The van der Waals surface area contributed by atoms with E-state index in [0.29, 0.717) is 12.1 Å². The number of carbonyl (C=O) groups is 1. The summed E-state index contributed by atoms with van der Waals surface area (Å²) in [5.74, 6) is 0.0265. The van der Waals surface area contributed by atoms with Crippen LogP contribution in [0.5, 0.6) is 0 Å². The number of amides is 1. The van der Waals surface area contributed by atoms with E-state index in [4.69, 9.17) is 5.73 Å². The first-order chi connectivity index (χ1) is 9.95. The lowest BCUT2D eigenvalue weighted by atomic mass is 10.0. The van der Waals surface area contributed by atoms with E-state index in [1.807, 2.05) is 45.0 Å². The standard InChI is InChI=1S/C18H22N2O/c1-12-7-8-13(2)16(9-12)11-18(21)20-14(3)15-5-4-6-17(19)10-15/h4-10,14H,11,19H2,1-3H3,(H,20,21). The van der Waals surface area contributed by atoms with Gasteiger partial charge in [-0.25, -0.2) is 0 Å². The molecule has 1 atom stereocenters. The molecule has 1 unspecified atom stereocenters. The van der Waals surface area contributed by atoms with E-state index in [0.717, 1.165) is 16.7 Å². The summed E-state index contributed by atoms with van der Waals surface area (Å²) < 4.78 is 0. The molecule has 1 amide bonds. The predicted molar refractivity (Wildman–Crippen MR) is 87.0 cm³/mol. The zero-order valence-electron chi connectivity index (χ0n) is 12.8. The van der Waals surface area contributed by atoms with Gasteiger partial charge in [0.05, 0.1) is 12.5 Å². The molecule has 2 rings (SSSR count).